The second-order valence-electron chi connectivity index (χ2n) is 7.63. The quantitative estimate of drug-likeness (QED) is 0.802. The number of benzene rings is 1. The van der Waals surface area contributed by atoms with Gasteiger partial charge < -0.3 is 20.3 Å². The summed E-state index contributed by atoms with van der Waals surface area (Å²) in [5.74, 6) is 0.522. The molecule has 2 saturated heterocycles. The van der Waals surface area contributed by atoms with E-state index in [4.69, 9.17) is 4.74 Å². The highest BCUT2D eigenvalue weighted by atomic mass is 35.5. The average Bonchev–Trinajstić information content (AvgIpc) is 2.97. The Hall–Kier alpha value is -1.79. The molecule has 2 amide bonds. The van der Waals surface area contributed by atoms with Crippen molar-refractivity contribution in [2.24, 2.45) is 5.92 Å². The largest absolute Gasteiger partial charge is 0.497 e. The van der Waals surface area contributed by atoms with Gasteiger partial charge in [0.2, 0.25) is 5.91 Å². The van der Waals surface area contributed by atoms with Crippen LogP contribution in [0.3, 0.4) is 0 Å². The Balaban J connectivity index is 0.00000261. The molecule has 0 saturated carbocycles. The zero-order chi connectivity index (χ0) is 18.7. The summed E-state index contributed by atoms with van der Waals surface area (Å²) in [6, 6.07) is 7.33. The van der Waals surface area contributed by atoms with Gasteiger partial charge in [0.25, 0.3) is 5.91 Å². The molecule has 150 valence electrons. The molecular formula is C20H30ClN3O3. The minimum atomic E-state index is -0.513. The highest BCUT2D eigenvalue weighted by molar-refractivity contribution is 5.97. The van der Waals surface area contributed by atoms with E-state index in [-0.39, 0.29) is 30.1 Å². The van der Waals surface area contributed by atoms with Crippen LogP contribution in [-0.2, 0) is 4.79 Å². The number of rotatable bonds is 5. The van der Waals surface area contributed by atoms with Crippen LogP contribution in [0.15, 0.2) is 24.3 Å². The first kappa shape index (κ1) is 21.5. The zero-order valence-corrected chi connectivity index (χ0v) is 17.1. The van der Waals surface area contributed by atoms with Crippen molar-refractivity contribution in [3.8, 4) is 5.75 Å². The molecule has 2 bridgehead atoms. The Morgan fingerprint density at radius 1 is 1.15 bits per heavy atom. The first-order valence-corrected chi connectivity index (χ1v) is 9.47. The number of halogens is 1. The summed E-state index contributed by atoms with van der Waals surface area (Å²) >= 11 is 0. The van der Waals surface area contributed by atoms with Crippen LogP contribution in [0.1, 0.15) is 43.5 Å². The Morgan fingerprint density at radius 2 is 1.81 bits per heavy atom. The number of amides is 2. The molecule has 7 heteroatoms. The molecule has 2 N–H and O–H groups in total. The van der Waals surface area contributed by atoms with Gasteiger partial charge in [-0.2, -0.15) is 0 Å². The molecule has 2 fully saturated rings. The number of hydrogen-bond acceptors (Lipinski definition) is 4. The van der Waals surface area contributed by atoms with Gasteiger partial charge in [0, 0.05) is 30.7 Å². The van der Waals surface area contributed by atoms with Crippen LogP contribution in [0.25, 0.3) is 0 Å². The van der Waals surface area contributed by atoms with E-state index in [1.807, 2.05) is 18.7 Å². The van der Waals surface area contributed by atoms with Gasteiger partial charge in [-0.05, 0) is 49.4 Å². The van der Waals surface area contributed by atoms with E-state index in [1.54, 1.807) is 31.4 Å². The van der Waals surface area contributed by atoms with Crippen molar-refractivity contribution in [2.45, 2.75) is 51.2 Å². The van der Waals surface area contributed by atoms with Crippen molar-refractivity contribution >= 4 is 24.2 Å². The SMILES string of the molecule is COc1ccc(C(=O)NC(C(=O)N2CCC3CCC(C2)N3)C(C)C)cc1.Cl. The molecule has 2 heterocycles. The molecule has 1 aromatic rings. The van der Waals surface area contributed by atoms with E-state index in [0.29, 0.717) is 23.4 Å². The minimum absolute atomic E-state index is 0. The predicted octanol–water partition coefficient (Wildman–Crippen LogP) is 2.22. The number of carbonyl (C=O) groups is 2. The number of carbonyl (C=O) groups excluding carboxylic acids is 2. The Morgan fingerprint density at radius 3 is 2.44 bits per heavy atom. The molecule has 2 aliphatic rings. The third-order valence-corrected chi connectivity index (χ3v) is 5.41. The van der Waals surface area contributed by atoms with Gasteiger partial charge in [-0.1, -0.05) is 13.8 Å². The molecule has 0 spiro atoms. The lowest BCUT2D eigenvalue weighted by Gasteiger charge is -2.30. The van der Waals surface area contributed by atoms with Crippen LogP contribution >= 0.6 is 12.4 Å². The smallest absolute Gasteiger partial charge is 0.251 e. The molecule has 3 rings (SSSR count). The average molecular weight is 396 g/mol. The van der Waals surface area contributed by atoms with Crippen LogP contribution in [0, 0.1) is 5.92 Å². The van der Waals surface area contributed by atoms with Crippen molar-refractivity contribution in [1.29, 1.82) is 0 Å². The monoisotopic (exact) mass is 395 g/mol. The van der Waals surface area contributed by atoms with E-state index in [2.05, 4.69) is 10.6 Å². The number of fused-ring (bicyclic) bond motifs is 2. The van der Waals surface area contributed by atoms with Gasteiger partial charge in [-0.15, -0.1) is 12.4 Å². The summed E-state index contributed by atoms with van der Waals surface area (Å²) in [4.78, 5) is 27.6. The lowest BCUT2D eigenvalue weighted by Crippen LogP contribution is -2.53. The molecule has 1 aromatic carbocycles. The molecule has 2 aliphatic heterocycles. The lowest BCUT2D eigenvalue weighted by atomic mass is 10.0. The van der Waals surface area contributed by atoms with Crippen LogP contribution < -0.4 is 15.4 Å². The van der Waals surface area contributed by atoms with Gasteiger partial charge in [-0.25, -0.2) is 0 Å². The summed E-state index contributed by atoms with van der Waals surface area (Å²) in [5, 5.41) is 6.53. The number of methoxy groups -OCH3 is 1. The third-order valence-electron chi connectivity index (χ3n) is 5.41. The van der Waals surface area contributed by atoms with E-state index < -0.39 is 6.04 Å². The predicted molar refractivity (Wildman–Crippen MR) is 107 cm³/mol. The fraction of sp³-hybridized carbons (Fsp3) is 0.600. The molecule has 0 aromatic heterocycles. The molecule has 0 aliphatic carbocycles. The maximum absolute atomic E-state index is 13.1. The zero-order valence-electron chi connectivity index (χ0n) is 16.2. The van der Waals surface area contributed by atoms with E-state index in [1.165, 1.54) is 6.42 Å². The molecule has 6 nitrogen and oxygen atoms in total. The molecule has 3 unspecified atom stereocenters. The van der Waals surface area contributed by atoms with Crippen LogP contribution in [0.4, 0.5) is 0 Å². The van der Waals surface area contributed by atoms with E-state index in [0.717, 1.165) is 25.9 Å². The summed E-state index contributed by atoms with van der Waals surface area (Å²) in [5.41, 5.74) is 0.529. The summed E-state index contributed by atoms with van der Waals surface area (Å²) in [6.07, 6.45) is 3.31. The summed E-state index contributed by atoms with van der Waals surface area (Å²) in [7, 11) is 1.59. The van der Waals surface area contributed by atoms with E-state index in [9.17, 15) is 9.59 Å². The highest BCUT2D eigenvalue weighted by Gasteiger charge is 2.35. The first-order valence-electron chi connectivity index (χ1n) is 9.47. The van der Waals surface area contributed by atoms with Crippen LogP contribution in [0.2, 0.25) is 0 Å². The number of nitrogens with one attached hydrogen (secondary N) is 2. The number of hydrogen-bond donors (Lipinski definition) is 2. The van der Waals surface area contributed by atoms with Gasteiger partial charge in [-0.3, -0.25) is 9.59 Å². The molecule has 3 atom stereocenters. The standard InChI is InChI=1S/C20H29N3O3.ClH/c1-13(2)18(22-19(24)14-4-8-17(26-3)9-5-14)20(25)23-11-10-15-6-7-16(12-23)21-15;/h4-5,8-9,13,15-16,18,21H,6-7,10-12H2,1-3H3,(H,22,24);1H. The van der Waals surface area contributed by atoms with Crippen molar-refractivity contribution in [2.75, 3.05) is 20.2 Å². The summed E-state index contributed by atoms with van der Waals surface area (Å²) < 4.78 is 5.12. The molecule has 27 heavy (non-hydrogen) atoms. The van der Waals surface area contributed by atoms with E-state index >= 15 is 0 Å². The Bertz CT molecular complexity index is 650. The fourth-order valence-corrected chi connectivity index (χ4v) is 3.82. The normalized spacial score (nSPS) is 22.6. The van der Waals surface area contributed by atoms with Crippen molar-refractivity contribution in [3.05, 3.63) is 29.8 Å². The topological polar surface area (TPSA) is 70.7 Å². The fourth-order valence-electron chi connectivity index (χ4n) is 3.82. The van der Waals surface area contributed by atoms with Gasteiger partial charge in [0.05, 0.1) is 7.11 Å². The number of nitrogens with zero attached hydrogens (tertiary/aromatic N) is 1. The molecular weight excluding hydrogens is 366 g/mol. The van der Waals surface area contributed by atoms with Gasteiger partial charge >= 0.3 is 0 Å². The second-order valence-corrected chi connectivity index (χ2v) is 7.63. The number of likely N-dealkylation sites (tertiary alicyclic amines) is 1. The maximum Gasteiger partial charge on any atom is 0.251 e. The minimum Gasteiger partial charge on any atom is -0.497 e. The third kappa shape index (κ3) is 5.14. The van der Waals surface area contributed by atoms with Gasteiger partial charge in [0.1, 0.15) is 11.8 Å². The van der Waals surface area contributed by atoms with Crippen LogP contribution in [0.5, 0.6) is 5.75 Å². The Labute approximate surface area is 167 Å². The van der Waals surface area contributed by atoms with Crippen molar-refractivity contribution < 1.29 is 14.3 Å². The second kappa shape index (κ2) is 9.42. The highest BCUT2D eigenvalue weighted by Crippen LogP contribution is 2.21. The summed E-state index contributed by atoms with van der Waals surface area (Å²) in [6.45, 7) is 5.43. The van der Waals surface area contributed by atoms with Crippen molar-refractivity contribution in [3.63, 3.8) is 0 Å². The van der Waals surface area contributed by atoms with Crippen molar-refractivity contribution in [1.82, 2.24) is 15.5 Å². The maximum atomic E-state index is 13.1. The lowest BCUT2D eigenvalue weighted by molar-refractivity contribution is -0.134. The van der Waals surface area contributed by atoms with Gasteiger partial charge in [0.15, 0.2) is 0 Å². The first-order chi connectivity index (χ1) is 12.5. The number of ether oxygens (including phenoxy) is 1. The Kier molecular flexibility index (Phi) is 7.50. The molecule has 0 radical (unpaired) electrons. The van der Waals surface area contributed by atoms with Crippen LogP contribution in [-0.4, -0.2) is 55.0 Å².